The molecule has 0 saturated carbocycles. The van der Waals surface area contributed by atoms with Crippen molar-refractivity contribution in [3.8, 4) is 0 Å². The summed E-state index contributed by atoms with van der Waals surface area (Å²) < 4.78 is 5.16. The van der Waals surface area contributed by atoms with E-state index in [1.807, 2.05) is 0 Å². The van der Waals surface area contributed by atoms with Gasteiger partial charge in [-0.05, 0) is 19.9 Å². The summed E-state index contributed by atoms with van der Waals surface area (Å²) in [7, 11) is 1.77. The molecule has 0 spiro atoms. The van der Waals surface area contributed by atoms with Crippen molar-refractivity contribution in [2.24, 2.45) is 0 Å². The number of methoxy groups -OCH3 is 1. The van der Waals surface area contributed by atoms with Crippen molar-refractivity contribution in [1.82, 2.24) is 5.32 Å². The highest BCUT2D eigenvalue weighted by atomic mass is 16.5. The monoisotopic (exact) mass is 115 g/mol. The molecule has 0 aromatic heterocycles. The van der Waals surface area contributed by atoms with Crippen molar-refractivity contribution >= 4 is 0 Å². The van der Waals surface area contributed by atoms with Crippen LogP contribution in [0.5, 0.6) is 0 Å². The Labute approximate surface area is 50.2 Å². The third-order valence-corrected chi connectivity index (χ3v) is 1.76. The van der Waals surface area contributed by atoms with E-state index in [1.165, 1.54) is 0 Å². The van der Waals surface area contributed by atoms with Crippen LogP contribution in [0.25, 0.3) is 0 Å². The van der Waals surface area contributed by atoms with Gasteiger partial charge in [0.05, 0.1) is 6.10 Å². The first kappa shape index (κ1) is 6.05. The van der Waals surface area contributed by atoms with Gasteiger partial charge in [-0.15, -0.1) is 0 Å². The number of hydrogen-bond donors (Lipinski definition) is 1. The Balaban J connectivity index is 2.30. The average molecular weight is 115 g/mol. The number of ether oxygens (including phenoxy) is 1. The van der Waals surface area contributed by atoms with Crippen LogP contribution in [0.4, 0.5) is 0 Å². The molecule has 1 N–H and O–H groups in total. The van der Waals surface area contributed by atoms with E-state index in [2.05, 4.69) is 12.2 Å². The first-order valence-corrected chi connectivity index (χ1v) is 3.11. The Morgan fingerprint density at radius 2 is 2.38 bits per heavy atom. The molecule has 2 atom stereocenters. The summed E-state index contributed by atoms with van der Waals surface area (Å²) >= 11 is 0. The maximum atomic E-state index is 5.16. The van der Waals surface area contributed by atoms with Gasteiger partial charge in [0.15, 0.2) is 0 Å². The van der Waals surface area contributed by atoms with Crippen molar-refractivity contribution in [3.05, 3.63) is 0 Å². The summed E-state index contributed by atoms with van der Waals surface area (Å²) in [6.07, 6.45) is 1.62. The maximum Gasteiger partial charge on any atom is 0.0733 e. The second-order valence-corrected chi connectivity index (χ2v) is 2.31. The van der Waals surface area contributed by atoms with E-state index in [-0.39, 0.29) is 0 Å². The first-order chi connectivity index (χ1) is 3.84. The molecule has 1 aliphatic heterocycles. The third kappa shape index (κ3) is 1.01. The fourth-order valence-electron chi connectivity index (χ4n) is 1.16. The standard InChI is InChI=1S/C6H13NO/c1-5-6(8-2)3-4-7-5/h5-7H,3-4H2,1-2H3/t5-,6-/m0/s1. The molecule has 1 aliphatic rings. The molecular weight excluding hydrogens is 102 g/mol. The van der Waals surface area contributed by atoms with Crippen LogP contribution in [0.2, 0.25) is 0 Å². The van der Waals surface area contributed by atoms with Crippen LogP contribution in [-0.4, -0.2) is 25.8 Å². The Hall–Kier alpha value is -0.0800. The molecule has 0 aliphatic carbocycles. The van der Waals surface area contributed by atoms with Crippen LogP contribution in [-0.2, 0) is 4.74 Å². The van der Waals surface area contributed by atoms with E-state index in [4.69, 9.17) is 4.74 Å². The minimum Gasteiger partial charge on any atom is -0.380 e. The average Bonchev–Trinajstić information content (AvgIpc) is 2.14. The molecule has 0 amide bonds. The maximum absolute atomic E-state index is 5.16. The van der Waals surface area contributed by atoms with Gasteiger partial charge in [-0.3, -0.25) is 0 Å². The molecule has 0 unspecified atom stereocenters. The van der Waals surface area contributed by atoms with Gasteiger partial charge in [0.1, 0.15) is 0 Å². The molecule has 0 aromatic carbocycles. The Morgan fingerprint density at radius 1 is 1.62 bits per heavy atom. The number of rotatable bonds is 1. The molecule has 8 heavy (non-hydrogen) atoms. The quantitative estimate of drug-likeness (QED) is 0.533. The molecule has 2 heteroatoms. The van der Waals surface area contributed by atoms with Crippen LogP contribution in [0, 0.1) is 0 Å². The molecule has 0 radical (unpaired) electrons. The largest absolute Gasteiger partial charge is 0.380 e. The van der Waals surface area contributed by atoms with Crippen LogP contribution in [0.1, 0.15) is 13.3 Å². The van der Waals surface area contributed by atoms with Crippen molar-refractivity contribution in [1.29, 1.82) is 0 Å². The first-order valence-electron chi connectivity index (χ1n) is 3.11. The second kappa shape index (κ2) is 2.46. The van der Waals surface area contributed by atoms with E-state index in [9.17, 15) is 0 Å². The van der Waals surface area contributed by atoms with Crippen molar-refractivity contribution < 1.29 is 4.74 Å². The summed E-state index contributed by atoms with van der Waals surface area (Å²) in [4.78, 5) is 0. The second-order valence-electron chi connectivity index (χ2n) is 2.31. The van der Waals surface area contributed by atoms with Gasteiger partial charge in [-0.1, -0.05) is 0 Å². The Bertz CT molecular complexity index is 74.9. The molecule has 1 rings (SSSR count). The molecule has 1 heterocycles. The van der Waals surface area contributed by atoms with Gasteiger partial charge >= 0.3 is 0 Å². The zero-order valence-electron chi connectivity index (χ0n) is 5.48. The highest BCUT2D eigenvalue weighted by Crippen LogP contribution is 2.08. The summed E-state index contributed by atoms with van der Waals surface area (Å²) in [6, 6.07) is 0.556. The summed E-state index contributed by atoms with van der Waals surface area (Å²) in [6.45, 7) is 3.26. The summed E-state index contributed by atoms with van der Waals surface area (Å²) in [5, 5.41) is 3.30. The van der Waals surface area contributed by atoms with E-state index < -0.39 is 0 Å². The van der Waals surface area contributed by atoms with E-state index >= 15 is 0 Å². The molecule has 1 saturated heterocycles. The van der Waals surface area contributed by atoms with Crippen molar-refractivity contribution in [3.63, 3.8) is 0 Å². The van der Waals surface area contributed by atoms with Crippen LogP contribution < -0.4 is 5.32 Å². The lowest BCUT2D eigenvalue weighted by atomic mass is 10.2. The lowest BCUT2D eigenvalue weighted by molar-refractivity contribution is 0.0968. The fraction of sp³-hybridized carbons (Fsp3) is 1.00. The van der Waals surface area contributed by atoms with E-state index in [0.29, 0.717) is 12.1 Å². The minimum atomic E-state index is 0.454. The van der Waals surface area contributed by atoms with Gasteiger partial charge in [-0.2, -0.15) is 0 Å². The van der Waals surface area contributed by atoms with Gasteiger partial charge in [0.25, 0.3) is 0 Å². The van der Waals surface area contributed by atoms with E-state index in [1.54, 1.807) is 7.11 Å². The number of nitrogens with one attached hydrogen (secondary N) is 1. The minimum absolute atomic E-state index is 0.454. The van der Waals surface area contributed by atoms with E-state index in [0.717, 1.165) is 13.0 Å². The summed E-state index contributed by atoms with van der Waals surface area (Å²) in [5.74, 6) is 0. The van der Waals surface area contributed by atoms with Gasteiger partial charge in [0.2, 0.25) is 0 Å². The molecule has 48 valence electrons. The highest BCUT2D eigenvalue weighted by molar-refractivity contribution is 4.79. The van der Waals surface area contributed by atoms with Crippen LogP contribution in [0.3, 0.4) is 0 Å². The van der Waals surface area contributed by atoms with Crippen molar-refractivity contribution in [2.75, 3.05) is 13.7 Å². The van der Waals surface area contributed by atoms with Crippen LogP contribution >= 0.6 is 0 Å². The molecule has 2 nitrogen and oxygen atoms in total. The highest BCUT2D eigenvalue weighted by Gasteiger charge is 2.21. The topological polar surface area (TPSA) is 21.3 Å². The zero-order chi connectivity index (χ0) is 5.98. The third-order valence-electron chi connectivity index (χ3n) is 1.76. The molecular formula is C6H13NO. The Kier molecular flexibility index (Phi) is 1.86. The van der Waals surface area contributed by atoms with Crippen molar-refractivity contribution in [2.45, 2.75) is 25.5 Å². The molecule has 0 aromatic rings. The smallest absolute Gasteiger partial charge is 0.0733 e. The van der Waals surface area contributed by atoms with Gasteiger partial charge < -0.3 is 10.1 Å². The Morgan fingerprint density at radius 3 is 2.62 bits per heavy atom. The zero-order valence-corrected chi connectivity index (χ0v) is 5.48. The van der Waals surface area contributed by atoms with Gasteiger partial charge in [0, 0.05) is 13.2 Å². The predicted octanol–water partition coefficient (Wildman–Crippen LogP) is 0.383. The SMILES string of the molecule is CO[C@H]1CCN[C@H]1C. The lowest BCUT2D eigenvalue weighted by Gasteiger charge is -2.11. The normalized spacial score (nSPS) is 38.2. The fourth-order valence-corrected chi connectivity index (χ4v) is 1.16. The van der Waals surface area contributed by atoms with Gasteiger partial charge in [-0.25, -0.2) is 0 Å². The number of hydrogen-bond acceptors (Lipinski definition) is 2. The van der Waals surface area contributed by atoms with Crippen LogP contribution in [0.15, 0.2) is 0 Å². The lowest BCUT2D eigenvalue weighted by Crippen LogP contribution is -2.27. The molecule has 0 bridgehead atoms. The summed E-state index contributed by atoms with van der Waals surface area (Å²) in [5.41, 5.74) is 0. The molecule has 1 fully saturated rings. The predicted molar refractivity (Wildman–Crippen MR) is 32.9 cm³/mol.